The van der Waals surface area contributed by atoms with E-state index in [1.165, 1.54) is 5.56 Å². The third-order valence-corrected chi connectivity index (χ3v) is 4.33. The van der Waals surface area contributed by atoms with Gasteiger partial charge in [-0.25, -0.2) is 0 Å². The Bertz CT molecular complexity index is 714. The molecule has 5 heteroatoms. The SMILES string of the molecule is COc1ccc(C(=O)NCCCC(=O)NC(C)CCc2ccccc2)cc1. The van der Waals surface area contributed by atoms with E-state index in [-0.39, 0.29) is 17.9 Å². The normalized spacial score (nSPS) is 11.5. The number of hydrogen-bond acceptors (Lipinski definition) is 3. The maximum absolute atomic E-state index is 12.0. The van der Waals surface area contributed by atoms with Gasteiger partial charge in [0.15, 0.2) is 0 Å². The fourth-order valence-electron chi connectivity index (χ4n) is 2.74. The first-order chi connectivity index (χ1) is 13.1. The van der Waals surface area contributed by atoms with Gasteiger partial charge >= 0.3 is 0 Å². The van der Waals surface area contributed by atoms with Gasteiger partial charge in [0.25, 0.3) is 5.91 Å². The third-order valence-electron chi connectivity index (χ3n) is 4.33. The molecular formula is C22H28N2O3. The van der Waals surface area contributed by atoms with Crippen molar-refractivity contribution in [2.75, 3.05) is 13.7 Å². The predicted octanol–water partition coefficient (Wildman–Crippen LogP) is 3.34. The minimum atomic E-state index is -0.144. The molecule has 0 heterocycles. The zero-order valence-electron chi connectivity index (χ0n) is 16.0. The highest BCUT2D eigenvalue weighted by Gasteiger charge is 2.09. The Balaban J connectivity index is 1.60. The van der Waals surface area contributed by atoms with Crippen LogP contribution in [-0.2, 0) is 11.2 Å². The van der Waals surface area contributed by atoms with Crippen molar-refractivity contribution in [3.8, 4) is 5.75 Å². The molecule has 2 aromatic carbocycles. The molecule has 27 heavy (non-hydrogen) atoms. The average molecular weight is 368 g/mol. The van der Waals surface area contributed by atoms with Gasteiger partial charge in [-0.3, -0.25) is 9.59 Å². The number of aryl methyl sites for hydroxylation is 1. The topological polar surface area (TPSA) is 67.4 Å². The van der Waals surface area contributed by atoms with Gasteiger partial charge in [-0.2, -0.15) is 0 Å². The summed E-state index contributed by atoms with van der Waals surface area (Å²) in [5.74, 6) is 0.591. The maximum atomic E-state index is 12.0. The van der Waals surface area contributed by atoms with Crippen LogP contribution in [-0.4, -0.2) is 31.5 Å². The first kappa shape index (κ1) is 20.5. The number of benzene rings is 2. The second-order valence-electron chi connectivity index (χ2n) is 6.58. The number of methoxy groups -OCH3 is 1. The molecule has 0 saturated carbocycles. The summed E-state index contributed by atoms with van der Waals surface area (Å²) in [4.78, 5) is 24.0. The molecule has 2 amide bonds. The van der Waals surface area contributed by atoms with Gasteiger partial charge in [0.05, 0.1) is 7.11 Å². The monoisotopic (exact) mass is 368 g/mol. The largest absolute Gasteiger partial charge is 0.497 e. The molecule has 0 saturated heterocycles. The average Bonchev–Trinajstić information content (AvgIpc) is 2.70. The zero-order chi connectivity index (χ0) is 19.5. The van der Waals surface area contributed by atoms with E-state index in [0.717, 1.165) is 12.8 Å². The number of rotatable bonds is 10. The smallest absolute Gasteiger partial charge is 0.251 e. The molecule has 0 fully saturated rings. The molecule has 0 aliphatic heterocycles. The van der Waals surface area contributed by atoms with Crippen molar-refractivity contribution in [2.24, 2.45) is 0 Å². The summed E-state index contributed by atoms with van der Waals surface area (Å²) in [6.07, 6.45) is 2.86. The van der Waals surface area contributed by atoms with Crippen molar-refractivity contribution < 1.29 is 14.3 Å². The van der Waals surface area contributed by atoms with Crippen LogP contribution in [0.4, 0.5) is 0 Å². The maximum Gasteiger partial charge on any atom is 0.251 e. The number of carbonyl (C=O) groups excluding carboxylic acids is 2. The van der Waals surface area contributed by atoms with E-state index in [2.05, 4.69) is 22.8 Å². The van der Waals surface area contributed by atoms with E-state index in [0.29, 0.717) is 30.7 Å². The molecule has 0 aliphatic carbocycles. The minimum Gasteiger partial charge on any atom is -0.497 e. The van der Waals surface area contributed by atoms with Crippen LogP contribution in [0, 0.1) is 0 Å². The first-order valence-electron chi connectivity index (χ1n) is 9.34. The molecule has 0 aliphatic rings. The van der Waals surface area contributed by atoms with E-state index < -0.39 is 0 Å². The van der Waals surface area contributed by atoms with Crippen LogP contribution in [0.2, 0.25) is 0 Å². The van der Waals surface area contributed by atoms with Crippen LogP contribution < -0.4 is 15.4 Å². The van der Waals surface area contributed by atoms with Gasteiger partial charge in [-0.1, -0.05) is 30.3 Å². The molecule has 144 valence electrons. The van der Waals surface area contributed by atoms with Crippen LogP contribution in [0.3, 0.4) is 0 Å². The molecule has 2 aromatic rings. The summed E-state index contributed by atoms with van der Waals surface area (Å²) in [7, 11) is 1.59. The Hall–Kier alpha value is -2.82. The molecule has 0 aromatic heterocycles. The molecule has 0 spiro atoms. The van der Waals surface area contributed by atoms with Crippen molar-refractivity contribution in [3.05, 3.63) is 65.7 Å². The number of amides is 2. The van der Waals surface area contributed by atoms with E-state index >= 15 is 0 Å². The third kappa shape index (κ3) is 7.52. The number of ether oxygens (including phenoxy) is 1. The highest BCUT2D eigenvalue weighted by atomic mass is 16.5. The van der Waals surface area contributed by atoms with E-state index in [1.54, 1.807) is 31.4 Å². The molecule has 1 unspecified atom stereocenters. The van der Waals surface area contributed by atoms with Crippen LogP contribution in [0.1, 0.15) is 42.1 Å². The lowest BCUT2D eigenvalue weighted by molar-refractivity contribution is -0.121. The van der Waals surface area contributed by atoms with E-state index in [9.17, 15) is 9.59 Å². The van der Waals surface area contributed by atoms with Crippen LogP contribution in [0.5, 0.6) is 5.75 Å². The molecule has 2 rings (SSSR count). The Morgan fingerprint density at radius 3 is 2.41 bits per heavy atom. The highest BCUT2D eigenvalue weighted by Crippen LogP contribution is 2.11. The summed E-state index contributed by atoms with van der Waals surface area (Å²) in [5, 5.41) is 5.85. The standard InChI is InChI=1S/C22H28N2O3/c1-17(10-11-18-7-4-3-5-8-18)24-21(25)9-6-16-23-22(26)19-12-14-20(27-2)15-13-19/h3-5,7-8,12-15,17H,6,9-11,16H2,1-2H3,(H,23,26)(H,24,25). The van der Waals surface area contributed by atoms with E-state index in [1.807, 2.05) is 25.1 Å². The van der Waals surface area contributed by atoms with Crippen LogP contribution >= 0.6 is 0 Å². The minimum absolute atomic E-state index is 0.0225. The van der Waals surface area contributed by atoms with Crippen molar-refractivity contribution in [1.82, 2.24) is 10.6 Å². The lowest BCUT2D eigenvalue weighted by Crippen LogP contribution is -2.33. The van der Waals surface area contributed by atoms with Crippen molar-refractivity contribution >= 4 is 11.8 Å². The Morgan fingerprint density at radius 2 is 1.74 bits per heavy atom. The second-order valence-corrected chi connectivity index (χ2v) is 6.58. The molecule has 5 nitrogen and oxygen atoms in total. The number of nitrogens with one attached hydrogen (secondary N) is 2. The highest BCUT2D eigenvalue weighted by molar-refractivity contribution is 5.94. The van der Waals surface area contributed by atoms with Gasteiger partial charge < -0.3 is 15.4 Å². The predicted molar refractivity (Wildman–Crippen MR) is 107 cm³/mol. The molecule has 2 N–H and O–H groups in total. The summed E-state index contributed by atoms with van der Waals surface area (Å²) >= 11 is 0. The Morgan fingerprint density at radius 1 is 1.04 bits per heavy atom. The van der Waals surface area contributed by atoms with Crippen molar-refractivity contribution in [2.45, 2.75) is 38.6 Å². The summed E-state index contributed by atoms with van der Waals surface area (Å²) < 4.78 is 5.07. The number of hydrogen-bond donors (Lipinski definition) is 2. The zero-order valence-corrected chi connectivity index (χ0v) is 16.0. The van der Waals surface area contributed by atoms with Crippen molar-refractivity contribution in [1.29, 1.82) is 0 Å². The Kier molecular flexibility index (Phi) is 8.36. The molecule has 1 atom stereocenters. The fourth-order valence-corrected chi connectivity index (χ4v) is 2.74. The summed E-state index contributed by atoms with van der Waals surface area (Å²) in [6, 6.07) is 17.3. The first-order valence-corrected chi connectivity index (χ1v) is 9.34. The van der Waals surface area contributed by atoms with Gasteiger partial charge in [0, 0.05) is 24.6 Å². The quantitative estimate of drug-likeness (QED) is 0.632. The van der Waals surface area contributed by atoms with Crippen LogP contribution in [0.15, 0.2) is 54.6 Å². The molecule has 0 bridgehead atoms. The van der Waals surface area contributed by atoms with E-state index in [4.69, 9.17) is 4.74 Å². The fraction of sp³-hybridized carbons (Fsp3) is 0.364. The lowest BCUT2D eigenvalue weighted by atomic mass is 10.1. The van der Waals surface area contributed by atoms with Crippen LogP contribution in [0.25, 0.3) is 0 Å². The Labute approximate surface area is 161 Å². The number of carbonyl (C=O) groups is 2. The van der Waals surface area contributed by atoms with Gasteiger partial charge in [0.2, 0.25) is 5.91 Å². The van der Waals surface area contributed by atoms with Gasteiger partial charge in [-0.15, -0.1) is 0 Å². The second kappa shape index (κ2) is 11.0. The summed E-state index contributed by atoms with van der Waals surface area (Å²) in [6.45, 7) is 2.49. The van der Waals surface area contributed by atoms with Gasteiger partial charge in [-0.05, 0) is 56.0 Å². The van der Waals surface area contributed by atoms with Gasteiger partial charge in [0.1, 0.15) is 5.75 Å². The molecular weight excluding hydrogens is 340 g/mol. The molecule has 0 radical (unpaired) electrons. The lowest BCUT2D eigenvalue weighted by Gasteiger charge is -2.14. The van der Waals surface area contributed by atoms with Crippen molar-refractivity contribution in [3.63, 3.8) is 0 Å². The summed E-state index contributed by atoms with van der Waals surface area (Å²) in [5.41, 5.74) is 1.86.